The van der Waals surface area contributed by atoms with Crippen LogP contribution in [-0.2, 0) is 16.6 Å². The third-order valence-corrected chi connectivity index (χ3v) is 5.23. The summed E-state index contributed by atoms with van der Waals surface area (Å²) in [4.78, 5) is 2.50. The minimum Gasteiger partial charge on any atom is -0.299 e. The van der Waals surface area contributed by atoms with Gasteiger partial charge in [0.15, 0.2) is 0 Å². The van der Waals surface area contributed by atoms with Gasteiger partial charge in [0.05, 0.1) is 6.26 Å². The van der Waals surface area contributed by atoms with E-state index in [2.05, 4.69) is 41.7 Å². The molecule has 4 nitrogen and oxygen atoms in total. The Bertz CT molecular complexity index is 599. The monoisotopic (exact) mass is 324 g/mol. The van der Waals surface area contributed by atoms with Crippen LogP contribution in [0.1, 0.15) is 36.0 Å². The fraction of sp³-hybridized carbons (Fsp3) is 0.647. The van der Waals surface area contributed by atoms with Crippen molar-refractivity contribution in [3.8, 4) is 0 Å². The maximum Gasteiger partial charge on any atom is 0.208 e. The first-order valence-corrected chi connectivity index (χ1v) is 9.96. The van der Waals surface area contributed by atoms with Gasteiger partial charge in [0.2, 0.25) is 10.0 Å². The molecule has 1 aromatic rings. The van der Waals surface area contributed by atoms with E-state index in [1.165, 1.54) is 35.8 Å². The number of aryl methyl sites for hydroxylation is 2. The Morgan fingerprint density at radius 2 is 2.05 bits per heavy atom. The van der Waals surface area contributed by atoms with Gasteiger partial charge < -0.3 is 0 Å². The van der Waals surface area contributed by atoms with Crippen LogP contribution in [0, 0.1) is 19.8 Å². The maximum absolute atomic E-state index is 11.1. The van der Waals surface area contributed by atoms with Crippen LogP contribution >= 0.6 is 0 Å². The molecule has 1 N–H and O–H groups in total. The Morgan fingerprint density at radius 1 is 1.27 bits per heavy atom. The molecular formula is C17H28N2O2S. The van der Waals surface area contributed by atoms with Gasteiger partial charge in [0, 0.05) is 19.6 Å². The summed E-state index contributed by atoms with van der Waals surface area (Å²) in [5.74, 6) is 0.592. The van der Waals surface area contributed by atoms with E-state index in [0.717, 1.165) is 26.1 Å². The van der Waals surface area contributed by atoms with Crippen molar-refractivity contribution in [1.82, 2.24) is 9.62 Å². The molecule has 1 aliphatic rings. The fourth-order valence-corrected chi connectivity index (χ4v) is 3.63. The molecule has 1 fully saturated rings. The van der Waals surface area contributed by atoms with Crippen LogP contribution in [0.25, 0.3) is 0 Å². The molecule has 0 radical (unpaired) electrons. The van der Waals surface area contributed by atoms with Gasteiger partial charge in [-0.3, -0.25) is 4.90 Å². The van der Waals surface area contributed by atoms with Crippen molar-refractivity contribution in [2.45, 2.75) is 39.7 Å². The van der Waals surface area contributed by atoms with Crippen LogP contribution in [-0.4, -0.2) is 39.2 Å². The highest BCUT2D eigenvalue weighted by atomic mass is 32.2. The number of hydrogen-bond donors (Lipinski definition) is 1. The summed E-state index contributed by atoms with van der Waals surface area (Å²) in [6.07, 6.45) is 4.56. The van der Waals surface area contributed by atoms with Crippen LogP contribution in [0.5, 0.6) is 0 Å². The summed E-state index contributed by atoms with van der Waals surface area (Å²) in [6.45, 7) is 8.07. The minimum atomic E-state index is -3.06. The zero-order chi connectivity index (χ0) is 16.2. The molecule has 22 heavy (non-hydrogen) atoms. The lowest BCUT2D eigenvalue weighted by Gasteiger charge is -2.33. The number of sulfonamides is 1. The normalized spacial score (nSPS) is 20.2. The third kappa shape index (κ3) is 5.71. The second-order valence-electron chi connectivity index (χ2n) is 6.62. The van der Waals surface area contributed by atoms with E-state index in [0.29, 0.717) is 12.5 Å². The predicted molar refractivity (Wildman–Crippen MR) is 91.4 cm³/mol. The minimum absolute atomic E-state index is 0.557. The van der Waals surface area contributed by atoms with E-state index >= 15 is 0 Å². The number of piperidine rings is 1. The largest absolute Gasteiger partial charge is 0.299 e. The first-order chi connectivity index (χ1) is 10.3. The van der Waals surface area contributed by atoms with Gasteiger partial charge in [0.1, 0.15) is 0 Å². The Kier molecular flexibility index (Phi) is 6.01. The molecule has 0 amide bonds. The van der Waals surface area contributed by atoms with Crippen molar-refractivity contribution in [2.75, 3.05) is 25.9 Å². The number of hydrogen-bond acceptors (Lipinski definition) is 3. The van der Waals surface area contributed by atoms with E-state index in [9.17, 15) is 8.42 Å². The molecule has 1 heterocycles. The lowest BCUT2D eigenvalue weighted by atomic mass is 9.94. The molecule has 1 aromatic carbocycles. The molecule has 124 valence electrons. The fourth-order valence-electron chi connectivity index (χ4n) is 3.14. The van der Waals surface area contributed by atoms with Crippen molar-refractivity contribution in [1.29, 1.82) is 0 Å². The van der Waals surface area contributed by atoms with E-state index in [-0.39, 0.29) is 0 Å². The molecule has 0 aliphatic carbocycles. The second kappa shape index (κ2) is 7.57. The molecule has 5 heteroatoms. The topological polar surface area (TPSA) is 49.4 Å². The molecule has 1 aliphatic heterocycles. The lowest BCUT2D eigenvalue weighted by Crippen LogP contribution is -2.36. The highest BCUT2D eigenvalue weighted by molar-refractivity contribution is 7.88. The SMILES string of the molecule is Cc1ccc(CN2CCC[C@H](CCNS(C)(=O)=O)C2)cc1C. The molecule has 2 rings (SSSR count). The average Bonchev–Trinajstić information content (AvgIpc) is 2.42. The number of nitrogens with zero attached hydrogens (tertiary/aromatic N) is 1. The molecule has 1 saturated heterocycles. The van der Waals surface area contributed by atoms with Gasteiger partial charge in [-0.2, -0.15) is 0 Å². The van der Waals surface area contributed by atoms with Gasteiger partial charge in [-0.15, -0.1) is 0 Å². The van der Waals surface area contributed by atoms with E-state index < -0.39 is 10.0 Å². The molecule has 0 bridgehead atoms. The summed E-state index contributed by atoms with van der Waals surface area (Å²) < 4.78 is 24.8. The van der Waals surface area contributed by atoms with Crippen molar-refractivity contribution >= 4 is 10.0 Å². The second-order valence-corrected chi connectivity index (χ2v) is 8.45. The van der Waals surface area contributed by atoms with Gasteiger partial charge >= 0.3 is 0 Å². The summed E-state index contributed by atoms with van der Waals surface area (Å²) in [5.41, 5.74) is 4.06. The first-order valence-electron chi connectivity index (χ1n) is 8.06. The quantitative estimate of drug-likeness (QED) is 0.874. The Hall–Kier alpha value is -0.910. The van der Waals surface area contributed by atoms with E-state index in [4.69, 9.17) is 0 Å². The summed E-state index contributed by atoms with van der Waals surface area (Å²) in [6, 6.07) is 6.70. The Morgan fingerprint density at radius 3 is 2.73 bits per heavy atom. The zero-order valence-corrected chi connectivity index (χ0v) is 14.7. The van der Waals surface area contributed by atoms with E-state index in [1.54, 1.807) is 0 Å². The van der Waals surface area contributed by atoms with Gasteiger partial charge in [-0.05, 0) is 62.3 Å². The van der Waals surface area contributed by atoms with Crippen LogP contribution < -0.4 is 4.72 Å². The predicted octanol–water partition coefficient (Wildman–Crippen LogP) is 2.45. The van der Waals surface area contributed by atoms with Gasteiger partial charge in [-0.25, -0.2) is 13.1 Å². The number of nitrogens with one attached hydrogen (secondary N) is 1. The van der Waals surface area contributed by atoms with Crippen LogP contribution in [0.4, 0.5) is 0 Å². The summed E-state index contributed by atoms with van der Waals surface area (Å²) in [5, 5.41) is 0. The Labute approximate surface area is 135 Å². The lowest BCUT2D eigenvalue weighted by molar-refractivity contribution is 0.162. The van der Waals surface area contributed by atoms with Crippen molar-refractivity contribution in [2.24, 2.45) is 5.92 Å². The van der Waals surface area contributed by atoms with Gasteiger partial charge in [0.25, 0.3) is 0 Å². The number of rotatable bonds is 6. The van der Waals surface area contributed by atoms with Crippen molar-refractivity contribution in [3.63, 3.8) is 0 Å². The van der Waals surface area contributed by atoms with Gasteiger partial charge in [-0.1, -0.05) is 18.2 Å². The molecule has 0 unspecified atom stereocenters. The molecular weight excluding hydrogens is 296 g/mol. The molecule has 0 aromatic heterocycles. The van der Waals surface area contributed by atoms with Crippen LogP contribution in [0.3, 0.4) is 0 Å². The van der Waals surface area contributed by atoms with Crippen molar-refractivity contribution in [3.05, 3.63) is 34.9 Å². The van der Waals surface area contributed by atoms with E-state index in [1.807, 2.05) is 0 Å². The Balaban J connectivity index is 1.83. The molecule has 0 saturated carbocycles. The van der Waals surface area contributed by atoms with Crippen LogP contribution in [0.15, 0.2) is 18.2 Å². The van der Waals surface area contributed by atoms with Crippen LogP contribution in [0.2, 0.25) is 0 Å². The molecule has 0 spiro atoms. The third-order valence-electron chi connectivity index (χ3n) is 4.50. The first kappa shape index (κ1) is 17.4. The standard InChI is InChI=1S/C17H28N2O2S/c1-14-6-7-17(11-15(14)2)13-19-10-4-5-16(12-19)8-9-18-22(3,20)21/h6-7,11,16,18H,4-5,8-10,12-13H2,1-3H3/t16-/m1/s1. The number of likely N-dealkylation sites (tertiary alicyclic amines) is 1. The smallest absolute Gasteiger partial charge is 0.208 e. The molecule has 1 atom stereocenters. The highest BCUT2D eigenvalue weighted by Gasteiger charge is 2.20. The summed E-state index contributed by atoms with van der Waals surface area (Å²) >= 11 is 0. The van der Waals surface area contributed by atoms with Crippen molar-refractivity contribution < 1.29 is 8.42 Å². The zero-order valence-electron chi connectivity index (χ0n) is 13.9. The maximum atomic E-state index is 11.1. The highest BCUT2D eigenvalue weighted by Crippen LogP contribution is 2.21. The average molecular weight is 324 g/mol. The number of benzene rings is 1. The summed E-state index contributed by atoms with van der Waals surface area (Å²) in [7, 11) is -3.06.